The van der Waals surface area contributed by atoms with Crippen LogP contribution in [-0.4, -0.2) is 5.33 Å². The summed E-state index contributed by atoms with van der Waals surface area (Å²) >= 11 is 3.41. The van der Waals surface area contributed by atoms with Gasteiger partial charge in [0.15, 0.2) is 0 Å². The summed E-state index contributed by atoms with van der Waals surface area (Å²) in [6, 6.07) is 0. The second-order valence-electron chi connectivity index (χ2n) is 3.54. The molecule has 0 aliphatic rings. The van der Waals surface area contributed by atoms with E-state index in [1.165, 1.54) is 16.7 Å². The predicted molar refractivity (Wildman–Crippen MR) is 65.4 cm³/mol. The summed E-state index contributed by atoms with van der Waals surface area (Å²) in [5.74, 6) is 0. The highest BCUT2D eigenvalue weighted by Crippen LogP contribution is 2.06. The van der Waals surface area contributed by atoms with Crippen LogP contribution in [0.15, 0.2) is 34.9 Å². The van der Waals surface area contributed by atoms with E-state index in [0.29, 0.717) is 0 Å². The average molecular weight is 243 g/mol. The third-order valence-electron chi connectivity index (χ3n) is 1.55. The van der Waals surface area contributed by atoms with Crippen LogP contribution in [0.5, 0.6) is 0 Å². The van der Waals surface area contributed by atoms with Crippen molar-refractivity contribution in [2.24, 2.45) is 0 Å². The smallest absolute Gasteiger partial charge is 0.00661 e. The quantitative estimate of drug-likeness (QED) is 0.498. The van der Waals surface area contributed by atoms with Crippen molar-refractivity contribution in [2.45, 2.75) is 34.1 Å². The van der Waals surface area contributed by atoms with Gasteiger partial charge in [-0.3, -0.25) is 0 Å². The molecular formula is C12H19Br. The maximum atomic E-state index is 3.41. The first-order valence-electron chi connectivity index (χ1n) is 4.62. The van der Waals surface area contributed by atoms with Gasteiger partial charge in [-0.05, 0) is 34.1 Å². The van der Waals surface area contributed by atoms with Crippen LogP contribution in [0.3, 0.4) is 0 Å². The molecule has 0 nitrogen and oxygen atoms in total. The van der Waals surface area contributed by atoms with Crippen LogP contribution >= 0.6 is 15.9 Å². The molecule has 0 aromatic carbocycles. The molecule has 0 aromatic heterocycles. The van der Waals surface area contributed by atoms with Crippen LogP contribution in [0.2, 0.25) is 0 Å². The van der Waals surface area contributed by atoms with E-state index in [1.54, 1.807) is 0 Å². The van der Waals surface area contributed by atoms with Crippen molar-refractivity contribution in [3.63, 3.8) is 0 Å². The van der Waals surface area contributed by atoms with Crippen molar-refractivity contribution in [1.29, 1.82) is 0 Å². The molecule has 0 spiro atoms. The highest BCUT2D eigenvalue weighted by Gasteiger charge is 1.86. The van der Waals surface area contributed by atoms with Gasteiger partial charge in [0.2, 0.25) is 0 Å². The third-order valence-corrected chi connectivity index (χ3v) is 2.00. The van der Waals surface area contributed by atoms with Crippen molar-refractivity contribution in [3.05, 3.63) is 34.9 Å². The molecule has 0 fully saturated rings. The van der Waals surface area contributed by atoms with Crippen LogP contribution < -0.4 is 0 Å². The van der Waals surface area contributed by atoms with Gasteiger partial charge in [0.1, 0.15) is 0 Å². The van der Waals surface area contributed by atoms with E-state index >= 15 is 0 Å². The van der Waals surface area contributed by atoms with Gasteiger partial charge >= 0.3 is 0 Å². The fourth-order valence-corrected chi connectivity index (χ4v) is 1.43. The summed E-state index contributed by atoms with van der Waals surface area (Å²) in [7, 11) is 0. The second kappa shape index (κ2) is 7.14. The molecule has 0 bridgehead atoms. The minimum absolute atomic E-state index is 1.04. The van der Waals surface area contributed by atoms with Crippen molar-refractivity contribution >= 4 is 15.9 Å². The minimum Gasteiger partial charge on any atom is -0.0925 e. The van der Waals surface area contributed by atoms with Crippen LogP contribution in [0, 0.1) is 0 Å². The molecule has 0 amide bonds. The Morgan fingerprint density at radius 3 is 2.08 bits per heavy atom. The SMILES string of the molecule is CC(C)=CC(C)=CC(C)=CCCBr. The Balaban J connectivity index is 4.29. The molecule has 0 radical (unpaired) electrons. The largest absolute Gasteiger partial charge is 0.0925 e. The maximum Gasteiger partial charge on any atom is 0.00661 e. The maximum absolute atomic E-state index is 3.41. The first-order chi connectivity index (χ1) is 6.06. The Morgan fingerprint density at radius 2 is 1.62 bits per heavy atom. The Hall–Kier alpha value is -0.300. The zero-order valence-electron chi connectivity index (χ0n) is 9.02. The molecule has 0 aliphatic carbocycles. The molecule has 0 aliphatic heterocycles. The van der Waals surface area contributed by atoms with Gasteiger partial charge in [-0.2, -0.15) is 0 Å². The van der Waals surface area contributed by atoms with Crippen molar-refractivity contribution in [3.8, 4) is 0 Å². The van der Waals surface area contributed by atoms with Crippen LogP contribution in [0.4, 0.5) is 0 Å². The zero-order valence-corrected chi connectivity index (χ0v) is 10.6. The van der Waals surface area contributed by atoms with E-state index in [1.807, 2.05) is 0 Å². The number of alkyl halides is 1. The van der Waals surface area contributed by atoms with E-state index in [0.717, 1.165) is 11.8 Å². The summed E-state index contributed by atoms with van der Waals surface area (Å²) in [5, 5.41) is 1.04. The Labute approximate surface area is 90.6 Å². The number of halogens is 1. The fourth-order valence-electron chi connectivity index (χ4n) is 1.20. The van der Waals surface area contributed by atoms with E-state index in [-0.39, 0.29) is 0 Å². The van der Waals surface area contributed by atoms with Gasteiger partial charge in [-0.15, -0.1) is 0 Å². The summed E-state index contributed by atoms with van der Waals surface area (Å²) in [6.07, 6.45) is 7.77. The molecule has 0 saturated heterocycles. The predicted octanol–water partition coefficient (Wildman–Crippen LogP) is 4.63. The van der Waals surface area contributed by atoms with Crippen LogP contribution in [0.1, 0.15) is 34.1 Å². The lowest BCUT2D eigenvalue weighted by Crippen LogP contribution is -1.76. The molecule has 0 heterocycles. The average Bonchev–Trinajstić information content (AvgIpc) is 1.98. The van der Waals surface area contributed by atoms with Gasteiger partial charge in [0.05, 0.1) is 0 Å². The van der Waals surface area contributed by atoms with Gasteiger partial charge in [0.25, 0.3) is 0 Å². The summed E-state index contributed by atoms with van der Waals surface area (Å²) in [6.45, 7) is 8.52. The molecule has 0 unspecified atom stereocenters. The topological polar surface area (TPSA) is 0 Å². The molecular weight excluding hydrogens is 224 g/mol. The molecule has 0 atom stereocenters. The fraction of sp³-hybridized carbons (Fsp3) is 0.500. The highest BCUT2D eigenvalue weighted by molar-refractivity contribution is 9.09. The third kappa shape index (κ3) is 8.04. The van der Waals surface area contributed by atoms with Crippen LogP contribution in [0.25, 0.3) is 0 Å². The minimum atomic E-state index is 1.04. The number of hydrogen-bond donors (Lipinski definition) is 0. The lowest BCUT2D eigenvalue weighted by atomic mass is 10.1. The normalized spacial score (nSPS) is 13.0. The second-order valence-corrected chi connectivity index (χ2v) is 4.33. The molecule has 0 N–H and O–H groups in total. The van der Waals surface area contributed by atoms with Crippen molar-refractivity contribution in [2.75, 3.05) is 5.33 Å². The monoisotopic (exact) mass is 242 g/mol. The number of rotatable bonds is 4. The summed E-state index contributed by atoms with van der Waals surface area (Å²) in [4.78, 5) is 0. The molecule has 0 aromatic rings. The lowest BCUT2D eigenvalue weighted by Gasteiger charge is -1.96. The Bertz CT molecular complexity index is 228. The number of hydrogen-bond acceptors (Lipinski definition) is 0. The van der Waals surface area contributed by atoms with Gasteiger partial charge in [-0.1, -0.05) is 50.9 Å². The van der Waals surface area contributed by atoms with Crippen molar-refractivity contribution in [1.82, 2.24) is 0 Å². The van der Waals surface area contributed by atoms with Gasteiger partial charge in [0, 0.05) is 5.33 Å². The lowest BCUT2D eigenvalue weighted by molar-refractivity contribution is 1.22. The molecule has 0 rings (SSSR count). The van der Waals surface area contributed by atoms with Crippen molar-refractivity contribution < 1.29 is 0 Å². The molecule has 74 valence electrons. The first-order valence-corrected chi connectivity index (χ1v) is 5.74. The molecule has 1 heteroatoms. The van der Waals surface area contributed by atoms with E-state index < -0.39 is 0 Å². The molecule has 13 heavy (non-hydrogen) atoms. The van der Waals surface area contributed by atoms with E-state index in [9.17, 15) is 0 Å². The standard InChI is InChI=1S/C12H19Br/c1-10(2)8-12(4)9-11(3)6-5-7-13/h6,8-9H,5,7H2,1-4H3. The van der Waals surface area contributed by atoms with Gasteiger partial charge in [-0.25, -0.2) is 0 Å². The summed E-state index contributed by atoms with van der Waals surface area (Å²) in [5.41, 5.74) is 4.01. The highest BCUT2D eigenvalue weighted by atomic mass is 79.9. The number of allylic oxidation sites excluding steroid dienone is 6. The van der Waals surface area contributed by atoms with Gasteiger partial charge < -0.3 is 0 Å². The Kier molecular flexibility index (Phi) is 6.97. The summed E-state index contributed by atoms with van der Waals surface area (Å²) < 4.78 is 0. The molecule has 0 saturated carbocycles. The zero-order chi connectivity index (χ0) is 10.3. The first kappa shape index (κ1) is 12.7. The van der Waals surface area contributed by atoms with E-state index in [4.69, 9.17) is 0 Å². The Morgan fingerprint density at radius 1 is 1.00 bits per heavy atom. The van der Waals surface area contributed by atoms with E-state index in [2.05, 4.69) is 61.9 Å². The van der Waals surface area contributed by atoms with Crippen LogP contribution in [-0.2, 0) is 0 Å².